The molecule has 2 aliphatic rings. The molecule has 31 heavy (non-hydrogen) atoms. The van der Waals surface area contributed by atoms with Gasteiger partial charge in [-0.3, -0.25) is 9.59 Å². The topological polar surface area (TPSA) is 91.1 Å². The highest BCUT2D eigenvalue weighted by atomic mass is 32.2. The molecule has 2 saturated heterocycles. The summed E-state index contributed by atoms with van der Waals surface area (Å²) >= 11 is 0. The molecule has 0 aliphatic carbocycles. The molecule has 1 aromatic heterocycles. The van der Waals surface area contributed by atoms with Gasteiger partial charge >= 0.3 is 0 Å². The number of amides is 2. The Morgan fingerprint density at radius 1 is 1.06 bits per heavy atom. The Balaban J connectivity index is 1.30. The summed E-state index contributed by atoms with van der Waals surface area (Å²) in [6, 6.07) is 12.8. The molecular weight excluding hydrogens is 418 g/mol. The third-order valence-electron chi connectivity index (χ3n) is 5.63. The van der Waals surface area contributed by atoms with Crippen LogP contribution < -0.4 is 0 Å². The molecule has 0 saturated carbocycles. The van der Waals surface area contributed by atoms with Gasteiger partial charge < -0.3 is 14.2 Å². The minimum absolute atomic E-state index is 0.0676. The summed E-state index contributed by atoms with van der Waals surface area (Å²) in [4.78, 5) is 28.5. The first-order valence-corrected chi connectivity index (χ1v) is 11.7. The number of benzene rings is 1. The quantitative estimate of drug-likeness (QED) is 0.679. The Morgan fingerprint density at radius 3 is 2.48 bits per heavy atom. The van der Waals surface area contributed by atoms with Gasteiger partial charge in [0.05, 0.1) is 18.7 Å². The first kappa shape index (κ1) is 21.3. The van der Waals surface area contributed by atoms with Gasteiger partial charge in [-0.05, 0) is 23.8 Å². The largest absolute Gasteiger partial charge is 0.467 e. The van der Waals surface area contributed by atoms with E-state index >= 15 is 0 Å². The predicted molar refractivity (Wildman–Crippen MR) is 115 cm³/mol. The molecule has 0 radical (unpaired) electrons. The molecule has 9 heteroatoms. The number of rotatable bonds is 6. The molecule has 0 unspecified atom stereocenters. The molecule has 3 heterocycles. The fourth-order valence-electron chi connectivity index (χ4n) is 3.92. The number of hydrogen-bond acceptors (Lipinski definition) is 5. The summed E-state index contributed by atoms with van der Waals surface area (Å²) in [5, 5.41) is 1.21. The normalized spacial score (nSPS) is 20.6. The van der Waals surface area contributed by atoms with Gasteiger partial charge in [0.2, 0.25) is 21.8 Å². The molecule has 0 bridgehead atoms. The second-order valence-corrected chi connectivity index (χ2v) is 9.56. The number of piperazine rings is 1. The van der Waals surface area contributed by atoms with Crippen molar-refractivity contribution in [1.29, 1.82) is 0 Å². The Morgan fingerprint density at radius 2 is 1.81 bits per heavy atom. The summed E-state index contributed by atoms with van der Waals surface area (Å²) in [6.45, 7) is 1.83. The van der Waals surface area contributed by atoms with Crippen LogP contribution in [0.15, 0.2) is 58.6 Å². The zero-order valence-electron chi connectivity index (χ0n) is 17.1. The van der Waals surface area contributed by atoms with Crippen LogP contribution in [0.5, 0.6) is 0 Å². The molecule has 2 amide bonds. The average molecular weight is 444 g/mol. The van der Waals surface area contributed by atoms with Crippen LogP contribution in [0.2, 0.25) is 0 Å². The lowest BCUT2D eigenvalue weighted by Gasteiger charge is -2.34. The van der Waals surface area contributed by atoms with Crippen molar-refractivity contribution in [2.24, 2.45) is 5.92 Å². The molecular formula is C22H25N3O5S. The first-order chi connectivity index (χ1) is 14.9. The van der Waals surface area contributed by atoms with E-state index in [0.717, 1.165) is 5.56 Å². The predicted octanol–water partition coefficient (Wildman–Crippen LogP) is 1.77. The van der Waals surface area contributed by atoms with Crippen LogP contribution in [0.1, 0.15) is 17.7 Å². The maximum atomic E-state index is 12.9. The molecule has 0 spiro atoms. The summed E-state index contributed by atoms with van der Waals surface area (Å²) < 4.78 is 31.9. The van der Waals surface area contributed by atoms with Crippen molar-refractivity contribution in [2.45, 2.75) is 13.0 Å². The molecule has 8 nitrogen and oxygen atoms in total. The lowest BCUT2D eigenvalue weighted by Crippen LogP contribution is -2.51. The Labute approximate surface area is 181 Å². The lowest BCUT2D eigenvalue weighted by atomic mass is 10.1. The van der Waals surface area contributed by atoms with Gasteiger partial charge in [-0.15, -0.1) is 0 Å². The molecule has 1 atom stereocenters. The van der Waals surface area contributed by atoms with Crippen molar-refractivity contribution in [1.82, 2.24) is 14.1 Å². The second-order valence-electron chi connectivity index (χ2n) is 7.74. The maximum absolute atomic E-state index is 12.9. The van der Waals surface area contributed by atoms with E-state index in [2.05, 4.69) is 0 Å². The van der Waals surface area contributed by atoms with Crippen LogP contribution in [0.4, 0.5) is 0 Å². The summed E-state index contributed by atoms with van der Waals surface area (Å²) in [5.41, 5.74) is 0.810. The highest BCUT2D eigenvalue weighted by molar-refractivity contribution is 7.92. The monoisotopic (exact) mass is 443 g/mol. The van der Waals surface area contributed by atoms with Gasteiger partial charge in [0, 0.05) is 44.6 Å². The maximum Gasteiger partial charge on any atom is 0.236 e. The van der Waals surface area contributed by atoms with Crippen molar-refractivity contribution in [3.05, 3.63) is 65.5 Å². The number of carbonyl (C=O) groups is 2. The van der Waals surface area contributed by atoms with Gasteiger partial charge in [-0.2, -0.15) is 4.31 Å². The van der Waals surface area contributed by atoms with E-state index in [1.165, 1.54) is 9.71 Å². The molecule has 2 aromatic rings. The first-order valence-electron chi connectivity index (χ1n) is 10.2. The minimum Gasteiger partial charge on any atom is -0.467 e. The number of likely N-dealkylation sites (tertiary alicyclic amines) is 1. The van der Waals surface area contributed by atoms with Gasteiger partial charge in [0.15, 0.2) is 0 Å². The SMILES string of the molecule is O=C1C[C@H](C(=O)N2CCN(S(=O)(=O)/C=C/c3ccccc3)CC2)CN1Cc1ccco1. The molecule has 164 valence electrons. The number of nitrogens with zero attached hydrogens (tertiary/aromatic N) is 3. The van der Waals surface area contributed by atoms with Gasteiger partial charge in [-0.1, -0.05) is 30.3 Å². The van der Waals surface area contributed by atoms with Gasteiger partial charge in [0.25, 0.3) is 0 Å². The summed E-state index contributed by atoms with van der Waals surface area (Å²) in [7, 11) is -3.55. The Bertz CT molecular complexity index is 1040. The van der Waals surface area contributed by atoms with Crippen molar-refractivity contribution >= 4 is 27.9 Å². The fraction of sp³-hybridized carbons (Fsp3) is 0.364. The van der Waals surface area contributed by atoms with E-state index in [1.807, 2.05) is 30.3 Å². The highest BCUT2D eigenvalue weighted by Crippen LogP contribution is 2.23. The second kappa shape index (κ2) is 9.07. The Hall–Kier alpha value is -2.91. The van der Waals surface area contributed by atoms with Crippen LogP contribution in [0, 0.1) is 5.92 Å². The van der Waals surface area contributed by atoms with Crippen LogP contribution in [-0.2, 0) is 26.2 Å². The third kappa shape index (κ3) is 5.05. The third-order valence-corrected chi connectivity index (χ3v) is 7.20. The number of sulfonamides is 1. The zero-order chi connectivity index (χ0) is 21.8. The standard InChI is InChI=1S/C22H25N3O5S/c26-21-15-19(16-24(21)17-20-7-4-13-30-20)22(27)23-9-11-25(12-10-23)31(28,29)14-8-18-5-2-1-3-6-18/h1-8,13-14,19H,9-12,15-17H2/b14-8+/t19-/m0/s1. The van der Waals surface area contributed by atoms with E-state index in [0.29, 0.717) is 31.9 Å². The van der Waals surface area contributed by atoms with Crippen LogP contribution in [0.25, 0.3) is 6.08 Å². The fourth-order valence-corrected chi connectivity index (χ4v) is 5.09. The van der Waals surface area contributed by atoms with E-state index < -0.39 is 15.9 Å². The molecule has 0 N–H and O–H groups in total. The van der Waals surface area contributed by atoms with E-state index in [4.69, 9.17) is 4.42 Å². The van der Waals surface area contributed by atoms with Crippen molar-refractivity contribution in [2.75, 3.05) is 32.7 Å². The molecule has 4 rings (SSSR count). The van der Waals surface area contributed by atoms with E-state index in [1.54, 1.807) is 34.3 Å². The van der Waals surface area contributed by atoms with Crippen molar-refractivity contribution < 1.29 is 22.4 Å². The number of hydrogen-bond donors (Lipinski definition) is 0. The van der Waals surface area contributed by atoms with Crippen molar-refractivity contribution in [3.63, 3.8) is 0 Å². The smallest absolute Gasteiger partial charge is 0.236 e. The zero-order valence-corrected chi connectivity index (χ0v) is 17.9. The van der Waals surface area contributed by atoms with E-state index in [9.17, 15) is 18.0 Å². The van der Waals surface area contributed by atoms with Crippen molar-refractivity contribution in [3.8, 4) is 0 Å². The molecule has 2 aliphatic heterocycles. The summed E-state index contributed by atoms with van der Waals surface area (Å²) in [6.07, 6.45) is 3.31. The lowest BCUT2D eigenvalue weighted by molar-refractivity contribution is -0.137. The molecule has 1 aromatic carbocycles. The number of furan rings is 1. The number of carbonyl (C=O) groups excluding carboxylic acids is 2. The highest BCUT2D eigenvalue weighted by Gasteiger charge is 2.38. The van der Waals surface area contributed by atoms with Crippen LogP contribution >= 0.6 is 0 Å². The van der Waals surface area contributed by atoms with Gasteiger partial charge in [-0.25, -0.2) is 8.42 Å². The van der Waals surface area contributed by atoms with Gasteiger partial charge in [0.1, 0.15) is 5.76 Å². The minimum atomic E-state index is -3.55. The Kier molecular flexibility index (Phi) is 6.24. The average Bonchev–Trinajstić information content (AvgIpc) is 3.43. The van der Waals surface area contributed by atoms with E-state index in [-0.39, 0.29) is 31.3 Å². The summed E-state index contributed by atoms with van der Waals surface area (Å²) in [5.74, 6) is 0.126. The molecule has 2 fully saturated rings. The van der Waals surface area contributed by atoms with Crippen LogP contribution in [0.3, 0.4) is 0 Å². The van der Waals surface area contributed by atoms with Crippen LogP contribution in [-0.4, -0.2) is 67.1 Å².